The lowest BCUT2D eigenvalue weighted by Crippen LogP contribution is -2.31. The molecule has 0 bridgehead atoms. The van der Waals surface area contributed by atoms with Crippen molar-refractivity contribution in [1.29, 1.82) is 0 Å². The molecule has 2 atom stereocenters. The van der Waals surface area contributed by atoms with Gasteiger partial charge < -0.3 is 4.74 Å². The third-order valence-corrected chi connectivity index (χ3v) is 4.97. The smallest absolute Gasteiger partial charge is 0.313 e. The number of carbonyl (C=O) groups excluding carboxylic acids is 1. The van der Waals surface area contributed by atoms with Gasteiger partial charge in [-0.3, -0.25) is 4.79 Å². The number of fused-ring (bicyclic) bond motifs is 1. The van der Waals surface area contributed by atoms with E-state index in [1.807, 2.05) is 6.07 Å². The number of rotatable bonds is 2. The van der Waals surface area contributed by atoms with Gasteiger partial charge in [-0.25, -0.2) is 0 Å². The quantitative estimate of drug-likeness (QED) is 0.608. The number of hydrogen-bond acceptors (Lipinski definition) is 2. The fraction of sp³-hybridized carbons (Fsp3) is 0.400. The molecule has 2 nitrogen and oxygen atoms in total. The van der Waals surface area contributed by atoms with Crippen LogP contribution in [-0.2, 0) is 16.0 Å². The van der Waals surface area contributed by atoms with Crippen LogP contribution in [0.2, 0.25) is 10.0 Å². The van der Waals surface area contributed by atoms with Gasteiger partial charge in [-0.15, -0.1) is 0 Å². The molecule has 100 valence electrons. The summed E-state index contributed by atoms with van der Waals surface area (Å²) in [5.74, 6) is 0.0759. The SMILES string of the molecule is C=C1CC2COC(=O)C2(Cc2c(Cl)cccc2Cl)C1. The molecule has 1 aromatic carbocycles. The second kappa shape index (κ2) is 4.53. The summed E-state index contributed by atoms with van der Waals surface area (Å²) in [7, 11) is 0. The van der Waals surface area contributed by atoms with Crippen molar-refractivity contribution >= 4 is 29.2 Å². The molecule has 1 saturated carbocycles. The highest BCUT2D eigenvalue weighted by Gasteiger charge is 2.56. The topological polar surface area (TPSA) is 26.3 Å². The first-order chi connectivity index (χ1) is 9.03. The van der Waals surface area contributed by atoms with Crippen molar-refractivity contribution in [2.24, 2.45) is 11.3 Å². The van der Waals surface area contributed by atoms with Crippen LogP contribution in [-0.4, -0.2) is 12.6 Å². The van der Waals surface area contributed by atoms with Crippen LogP contribution in [0.4, 0.5) is 0 Å². The summed E-state index contributed by atoms with van der Waals surface area (Å²) in [4.78, 5) is 12.2. The minimum Gasteiger partial charge on any atom is -0.465 e. The van der Waals surface area contributed by atoms with Crippen molar-refractivity contribution in [3.05, 3.63) is 46.0 Å². The summed E-state index contributed by atoms with van der Waals surface area (Å²) >= 11 is 12.4. The lowest BCUT2D eigenvalue weighted by atomic mass is 9.75. The summed E-state index contributed by atoms with van der Waals surface area (Å²) in [5, 5.41) is 1.22. The van der Waals surface area contributed by atoms with E-state index < -0.39 is 5.41 Å². The molecule has 0 radical (unpaired) electrons. The number of carbonyl (C=O) groups is 1. The van der Waals surface area contributed by atoms with Crippen LogP contribution in [0.25, 0.3) is 0 Å². The molecule has 0 amide bonds. The van der Waals surface area contributed by atoms with E-state index in [0.717, 1.165) is 17.6 Å². The average Bonchev–Trinajstić information content (AvgIpc) is 2.81. The molecule has 2 fully saturated rings. The number of allylic oxidation sites excluding steroid dienone is 1. The summed E-state index contributed by atoms with van der Waals surface area (Å²) in [6, 6.07) is 5.42. The Kier molecular flexibility index (Phi) is 3.11. The summed E-state index contributed by atoms with van der Waals surface area (Å²) in [6.07, 6.45) is 2.07. The van der Waals surface area contributed by atoms with Gasteiger partial charge in [-0.2, -0.15) is 0 Å². The summed E-state index contributed by atoms with van der Waals surface area (Å²) in [5.41, 5.74) is 1.44. The first-order valence-corrected chi connectivity index (χ1v) is 7.05. The highest BCUT2D eigenvalue weighted by molar-refractivity contribution is 6.36. The molecule has 1 aliphatic heterocycles. The highest BCUT2D eigenvalue weighted by atomic mass is 35.5. The Morgan fingerprint density at radius 3 is 2.74 bits per heavy atom. The number of benzene rings is 1. The van der Waals surface area contributed by atoms with Crippen molar-refractivity contribution in [2.45, 2.75) is 19.3 Å². The molecule has 4 heteroatoms. The Bertz CT molecular complexity index is 547. The van der Waals surface area contributed by atoms with Crippen molar-refractivity contribution in [3.8, 4) is 0 Å². The van der Waals surface area contributed by atoms with E-state index in [1.165, 1.54) is 0 Å². The van der Waals surface area contributed by atoms with E-state index in [2.05, 4.69) is 6.58 Å². The first kappa shape index (κ1) is 13.0. The first-order valence-electron chi connectivity index (χ1n) is 6.30. The second-order valence-corrected chi connectivity index (χ2v) is 6.27. The molecule has 3 rings (SSSR count). The zero-order chi connectivity index (χ0) is 13.6. The van der Waals surface area contributed by atoms with E-state index in [-0.39, 0.29) is 11.9 Å². The van der Waals surface area contributed by atoms with Gasteiger partial charge in [0.1, 0.15) is 0 Å². The standard InChI is InChI=1S/C15H14Cl2O2/c1-9-5-10-8-19-14(18)15(10,6-9)7-11-12(16)3-2-4-13(11)17/h2-4,10H,1,5-8H2. The molecule has 1 aromatic rings. The van der Waals surface area contributed by atoms with Crippen LogP contribution in [0.5, 0.6) is 0 Å². The van der Waals surface area contributed by atoms with E-state index in [4.69, 9.17) is 27.9 Å². The van der Waals surface area contributed by atoms with Gasteiger partial charge in [-0.05, 0) is 37.0 Å². The van der Waals surface area contributed by atoms with Crippen LogP contribution in [0.1, 0.15) is 18.4 Å². The van der Waals surface area contributed by atoms with Gasteiger partial charge in [0, 0.05) is 16.0 Å². The normalized spacial score (nSPS) is 29.5. The molecule has 1 aliphatic carbocycles. The molecule has 2 unspecified atom stereocenters. The predicted octanol–water partition coefficient (Wildman–Crippen LogP) is 4.05. The molecule has 2 aliphatic rings. The van der Waals surface area contributed by atoms with E-state index in [9.17, 15) is 4.79 Å². The molecule has 1 saturated heterocycles. The van der Waals surface area contributed by atoms with E-state index >= 15 is 0 Å². The Morgan fingerprint density at radius 1 is 1.37 bits per heavy atom. The van der Waals surface area contributed by atoms with Crippen molar-refractivity contribution in [3.63, 3.8) is 0 Å². The van der Waals surface area contributed by atoms with Crippen molar-refractivity contribution in [1.82, 2.24) is 0 Å². The Morgan fingerprint density at radius 2 is 2.05 bits per heavy atom. The molecule has 0 N–H and O–H groups in total. The minimum atomic E-state index is -0.508. The van der Waals surface area contributed by atoms with Crippen LogP contribution in [0.3, 0.4) is 0 Å². The monoisotopic (exact) mass is 296 g/mol. The van der Waals surface area contributed by atoms with Crippen LogP contribution >= 0.6 is 23.2 Å². The lowest BCUT2D eigenvalue weighted by molar-refractivity contribution is -0.146. The van der Waals surface area contributed by atoms with E-state index in [0.29, 0.717) is 29.5 Å². The van der Waals surface area contributed by atoms with Crippen LogP contribution in [0.15, 0.2) is 30.4 Å². The van der Waals surface area contributed by atoms with Crippen molar-refractivity contribution in [2.75, 3.05) is 6.61 Å². The summed E-state index contributed by atoms with van der Waals surface area (Å²) < 4.78 is 5.26. The highest BCUT2D eigenvalue weighted by Crippen LogP contribution is 2.53. The van der Waals surface area contributed by atoms with Crippen molar-refractivity contribution < 1.29 is 9.53 Å². The Balaban J connectivity index is 2.01. The van der Waals surface area contributed by atoms with Gasteiger partial charge in [0.15, 0.2) is 0 Å². The zero-order valence-corrected chi connectivity index (χ0v) is 11.9. The number of cyclic esters (lactones) is 1. The lowest BCUT2D eigenvalue weighted by Gasteiger charge is -2.25. The van der Waals surface area contributed by atoms with E-state index in [1.54, 1.807) is 12.1 Å². The third kappa shape index (κ3) is 1.98. The minimum absolute atomic E-state index is 0.132. The molecule has 0 aromatic heterocycles. The molecular formula is C15H14Cl2O2. The molecular weight excluding hydrogens is 283 g/mol. The van der Waals surface area contributed by atoms with Gasteiger partial charge in [-0.1, -0.05) is 41.4 Å². The molecule has 0 spiro atoms. The third-order valence-electron chi connectivity index (χ3n) is 4.26. The van der Waals surface area contributed by atoms with Gasteiger partial charge in [0.2, 0.25) is 0 Å². The second-order valence-electron chi connectivity index (χ2n) is 5.46. The number of hydrogen-bond donors (Lipinski definition) is 0. The maximum atomic E-state index is 12.2. The Labute approximate surface area is 122 Å². The molecule has 19 heavy (non-hydrogen) atoms. The maximum absolute atomic E-state index is 12.2. The maximum Gasteiger partial charge on any atom is 0.313 e. The summed E-state index contributed by atoms with van der Waals surface area (Å²) in [6.45, 7) is 4.51. The largest absolute Gasteiger partial charge is 0.465 e. The van der Waals surface area contributed by atoms with Gasteiger partial charge in [0.05, 0.1) is 12.0 Å². The zero-order valence-electron chi connectivity index (χ0n) is 10.4. The Hall–Kier alpha value is -0.990. The fourth-order valence-electron chi connectivity index (χ4n) is 3.28. The number of halogens is 2. The average molecular weight is 297 g/mol. The van der Waals surface area contributed by atoms with Gasteiger partial charge in [0.25, 0.3) is 0 Å². The predicted molar refractivity (Wildman–Crippen MR) is 75.4 cm³/mol. The molecule has 1 heterocycles. The van der Waals surface area contributed by atoms with Crippen LogP contribution < -0.4 is 0 Å². The van der Waals surface area contributed by atoms with Gasteiger partial charge >= 0.3 is 5.97 Å². The fourth-order valence-corrected chi connectivity index (χ4v) is 3.81. The number of ether oxygens (including phenoxy) is 1. The number of esters is 1. The van der Waals surface area contributed by atoms with Crippen LogP contribution in [0, 0.1) is 11.3 Å².